The van der Waals surface area contributed by atoms with E-state index in [9.17, 15) is 14.9 Å². The topological polar surface area (TPSA) is 102 Å². The molecule has 1 saturated heterocycles. The van der Waals surface area contributed by atoms with Gasteiger partial charge in [0, 0.05) is 48.9 Å². The van der Waals surface area contributed by atoms with Crippen LogP contribution in [0.25, 0.3) is 11.3 Å². The number of benzene rings is 2. The Balaban J connectivity index is 1.45. The predicted octanol–water partition coefficient (Wildman–Crippen LogP) is 4.07. The largest absolute Gasteiger partial charge is 0.494 e. The molecular formula is C23H22ClN5O4. The summed E-state index contributed by atoms with van der Waals surface area (Å²) in [6, 6.07) is 13.6. The van der Waals surface area contributed by atoms with Gasteiger partial charge in [-0.05, 0) is 43.3 Å². The van der Waals surface area contributed by atoms with Crippen molar-refractivity contribution in [2.75, 3.05) is 37.7 Å². The number of nitro groups is 1. The number of hydrogen-bond donors (Lipinski definition) is 0. The Hall–Kier alpha value is -3.72. The first-order valence-electron chi connectivity index (χ1n) is 10.5. The molecule has 0 spiro atoms. The highest BCUT2D eigenvalue weighted by Crippen LogP contribution is 2.26. The van der Waals surface area contributed by atoms with Gasteiger partial charge in [-0.1, -0.05) is 11.6 Å². The van der Waals surface area contributed by atoms with E-state index in [0.717, 1.165) is 22.8 Å². The smallest absolute Gasteiger partial charge is 0.282 e. The number of nitro benzene ring substituents is 1. The van der Waals surface area contributed by atoms with Crippen molar-refractivity contribution < 1.29 is 14.5 Å². The van der Waals surface area contributed by atoms with Crippen LogP contribution < -0.4 is 9.64 Å². The summed E-state index contributed by atoms with van der Waals surface area (Å²) in [6.45, 7) is 4.44. The molecule has 1 aliphatic rings. The van der Waals surface area contributed by atoms with Gasteiger partial charge in [0.05, 0.1) is 17.2 Å². The van der Waals surface area contributed by atoms with Crippen molar-refractivity contribution in [3.63, 3.8) is 0 Å². The highest BCUT2D eigenvalue weighted by atomic mass is 35.5. The second-order valence-electron chi connectivity index (χ2n) is 7.42. The molecular weight excluding hydrogens is 446 g/mol. The van der Waals surface area contributed by atoms with Crippen LogP contribution in [0.2, 0.25) is 5.02 Å². The molecule has 0 aliphatic carbocycles. The van der Waals surface area contributed by atoms with E-state index in [-0.39, 0.29) is 16.3 Å². The highest BCUT2D eigenvalue weighted by molar-refractivity contribution is 6.31. The number of carbonyl (C=O) groups excluding carboxylic acids is 1. The molecule has 0 saturated carbocycles. The Bertz CT molecular complexity index is 1160. The number of ether oxygens (including phenoxy) is 1. The Labute approximate surface area is 195 Å². The van der Waals surface area contributed by atoms with Crippen molar-refractivity contribution in [3.8, 4) is 17.0 Å². The van der Waals surface area contributed by atoms with Crippen LogP contribution in [-0.2, 0) is 0 Å². The lowest BCUT2D eigenvalue weighted by Crippen LogP contribution is -2.49. The van der Waals surface area contributed by atoms with Crippen LogP contribution in [0, 0.1) is 10.1 Å². The third kappa shape index (κ3) is 5.04. The number of halogens is 1. The molecule has 9 nitrogen and oxygen atoms in total. The number of anilines is 1. The summed E-state index contributed by atoms with van der Waals surface area (Å²) in [5, 5.41) is 11.6. The number of rotatable bonds is 6. The van der Waals surface area contributed by atoms with Gasteiger partial charge in [-0.2, -0.15) is 0 Å². The number of amides is 1. The van der Waals surface area contributed by atoms with Gasteiger partial charge in [-0.25, -0.2) is 9.97 Å². The van der Waals surface area contributed by atoms with Crippen molar-refractivity contribution in [2.24, 2.45) is 0 Å². The van der Waals surface area contributed by atoms with Crippen molar-refractivity contribution in [1.29, 1.82) is 0 Å². The lowest BCUT2D eigenvalue weighted by atomic mass is 10.1. The van der Waals surface area contributed by atoms with Gasteiger partial charge in [-0.15, -0.1) is 0 Å². The Morgan fingerprint density at radius 3 is 2.48 bits per heavy atom. The SMILES string of the molecule is CCOc1ccc(-c2cc(N3CCN(C(=O)c4cc(Cl)ccc4[N+](=O)[O-])CC3)ncn2)cc1. The molecule has 10 heteroatoms. The first-order valence-corrected chi connectivity index (χ1v) is 10.9. The zero-order valence-corrected chi connectivity index (χ0v) is 18.7. The van der Waals surface area contributed by atoms with Crippen LogP contribution in [0.15, 0.2) is 54.9 Å². The average molecular weight is 468 g/mol. The van der Waals surface area contributed by atoms with Crippen LogP contribution in [-0.4, -0.2) is 58.5 Å². The van der Waals surface area contributed by atoms with Crippen LogP contribution in [0.5, 0.6) is 5.75 Å². The lowest BCUT2D eigenvalue weighted by Gasteiger charge is -2.35. The zero-order chi connectivity index (χ0) is 23.4. The minimum Gasteiger partial charge on any atom is -0.494 e. The highest BCUT2D eigenvalue weighted by Gasteiger charge is 2.28. The maximum Gasteiger partial charge on any atom is 0.282 e. The second kappa shape index (κ2) is 9.83. The van der Waals surface area contributed by atoms with E-state index in [4.69, 9.17) is 16.3 Å². The summed E-state index contributed by atoms with van der Waals surface area (Å²) in [4.78, 5) is 36.1. The van der Waals surface area contributed by atoms with E-state index in [2.05, 4.69) is 14.9 Å². The molecule has 2 aromatic carbocycles. The Morgan fingerprint density at radius 2 is 1.82 bits per heavy atom. The summed E-state index contributed by atoms with van der Waals surface area (Å²) in [6.07, 6.45) is 1.52. The van der Waals surface area contributed by atoms with E-state index in [1.165, 1.54) is 24.5 Å². The van der Waals surface area contributed by atoms with Crippen molar-refractivity contribution in [3.05, 3.63) is 75.6 Å². The molecule has 1 amide bonds. The van der Waals surface area contributed by atoms with Crippen molar-refractivity contribution >= 4 is 29.0 Å². The molecule has 0 unspecified atom stereocenters. The predicted molar refractivity (Wildman–Crippen MR) is 125 cm³/mol. The molecule has 1 fully saturated rings. The number of carbonyl (C=O) groups is 1. The number of hydrogen-bond acceptors (Lipinski definition) is 7. The molecule has 3 aromatic rings. The minimum absolute atomic E-state index is 0.000715. The van der Waals surface area contributed by atoms with Crippen LogP contribution in [0.3, 0.4) is 0 Å². The summed E-state index contributed by atoms with van der Waals surface area (Å²) in [5.41, 5.74) is 1.49. The normalized spacial score (nSPS) is 13.6. The number of aromatic nitrogens is 2. The maximum atomic E-state index is 12.9. The monoisotopic (exact) mass is 467 g/mol. The Kier molecular flexibility index (Phi) is 6.69. The van der Waals surface area contributed by atoms with Gasteiger partial charge >= 0.3 is 0 Å². The summed E-state index contributed by atoms with van der Waals surface area (Å²) < 4.78 is 5.49. The number of nitrogens with zero attached hydrogens (tertiary/aromatic N) is 5. The van der Waals surface area contributed by atoms with Crippen molar-refractivity contribution in [2.45, 2.75) is 6.92 Å². The molecule has 170 valence electrons. The lowest BCUT2D eigenvalue weighted by molar-refractivity contribution is -0.385. The average Bonchev–Trinajstić information content (AvgIpc) is 2.84. The van der Waals surface area contributed by atoms with E-state index in [1.54, 1.807) is 4.90 Å². The van der Waals surface area contributed by atoms with Crippen molar-refractivity contribution in [1.82, 2.24) is 14.9 Å². The van der Waals surface area contributed by atoms with Gasteiger partial charge in [0.15, 0.2) is 0 Å². The molecule has 33 heavy (non-hydrogen) atoms. The fourth-order valence-corrected chi connectivity index (χ4v) is 3.89. The molecule has 0 bridgehead atoms. The van der Waals surface area contributed by atoms with Crippen LogP contribution in [0.1, 0.15) is 17.3 Å². The third-order valence-corrected chi connectivity index (χ3v) is 5.63. The zero-order valence-electron chi connectivity index (χ0n) is 18.0. The fraction of sp³-hybridized carbons (Fsp3) is 0.261. The number of piperazine rings is 1. The Morgan fingerprint density at radius 1 is 1.09 bits per heavy atom. The molecule has 0 atom stereocenters. The first-order chi connectivity index (χ1) is 16.0. The molecule has 1 aromatic heterocycles. The minimum atomic E-state index is -0.566. The van der Waals surface area contributed by atoms with Gasteiger partial charge in [0.25, 0.3) is 11.6 Å². The quantitative estimate of drug-likeness (QED) is 0.397. The van der Waals surface area contributed by atoms with Gasteiger partial charge in [0.2, 0.25) is 0 Å². The van der Waals surface area contributed by atoms with E-state index < -0.39 is 10.8 Å². The second-order valence-corrected chi connectivity index (χ2v) is 7.85. The molecule has 0 N–H and O–H groups in total. The third-order valence-electron chi connectivity index (χ3n) is 5.39. The fourth-order valence-electron chi connectivity index (χ4n) is 3.71. The summed E-state index contributed by atoms with van der Waals surface area (Å²) in [5.74, 6) is 1.16. The van der Waals surface area contributed by atoms with Gasteiger partial charge in [0.1, 0.15) is 23.5 Å². The van der Waals surface area contributed by atoms with E-state index in [1.807, 2.05) is 37.3 Å². The molecule has 1 aliphatic heterocycles. The summed E-state index contributed by atoms with van der Waals surface area (Å²) >= 11 is 5.97. The van der Waals surface area contributed by atoms with E-state index >= 15 is 0 Å². The summed E-state index contributed by atoms with van der Waals surface area (Å²) in [7, 11) is 0. The van der Waals surface area contributed by atoms with Gasteiger partial charge in [-0.3, -0.25) is 14.9 Å². The first kappa shape index (κ1) is 22.5. The maximum absolute atomic E-state index is 12.9. The molecule has 0 radical (unpaired) electrons. The van der Waals surface area contributed by atoms with Gasteiger partial charge < -0.3 is 14.5 Å². The molecule has 4 rings (SSSR count). The van der Waals surface area contributed by atoms with E-state index in [0.29, 0.717) is 32.8 Å². The van der Waals surface area contributed by atoms with Crippen LogP contribution in [0.4, 0.5) is 11.5 Å². The standard InChI is InChI=1S/C23H22ClN5O4/c1-2-33-18-6-3-16(4-7-18)20-14-22(26-15-25-20)27-9-11-28(12-10-27)23(30)19-13-17(24)5-8-21(19)29(31)32/h3-8,13-15H,2,9-12H2,1H3. The van der Waals surface area contributed by atoms with Crippen LogP contribution >= 0.6 is 11.6 Å². The molecule has 2 heterocycles.